The molecule has 1 aromatic rings. The molecule has 4 heteroatoms. The molecule has 2 fully saturated rings. The molecule has 0 bridgehead atoms. The first-order valence-electron chi connectivity index (χ1n) is 7.60. The highest BCUT2D eigenvalue weighted by Gasteiger charge is 2.22. The molecule has 0 unspecified atom stereocenters. The molecule has 1 atom stereocenters. The summed E-state index contributed by atoms with van der Waals surface area (Å²) in [5, 5.41) is 0.737. The van der Waals surface area contributed by atoms with E-state index in [0.29, 0.717) is 6.04 Å². The van der Waals surface area contributed by atoms with E-state index in [4.69, 9.17) is 22.1 Å². The van der Waals surface area contributed by atoms with Crippen molar-refractivity contribution in [3.63, 3.8) is 0 Å². The number of halogens is 1. The average molecular weight is 295 g/mol. The lowest BCUT2D eigenvalue weighted by Gasteiger charge is -2.15. The van der Waals surface area contributed by atoms with Crippen LogP contribution >= 0.6 is 11.6 Å². The first-order valence-corrected chi connectivity index (χ1v) is 7.97. The van der Waals surface area contributed by atoms with Gasteiger partial charge in [0.2, 0.25) is 0 Å². The molecule has 0 radical (unpaired) electrons. The van der Waals surface area contributed by atoms with Gasteiger partial charge in [-0.15, -0.1) is 0 Å². The van der Waals surface area contributed by atoms with Crippen LogP contribution in [0.4, 0.5) is 0 Å². The second kappa shape index (κ2) is 6.33. The number of benzene rings is 1. The van der Waals surface area contributed by atoms with Crippen molar-refractivity contribution >= 4 is 11.6 Å². The van der Waals surface area contributed by atoms with Crippen LogP contribution in [0.15, 0.2) is 18.2 Å². The van der Waals surface area contributed by atoms with Crippen molar-refractivity contribution in [3.8, 4) is 5.75 Å². The SMILES string of the molecule is N[C@@H]1CCN(CCc2ccc(OCC3CC3)c(Cl)c2)C1. The van der Waals surface area contributed by atoms with Gasteiger partial charge in [-0.2, -0.15) is 0 Å². The Hall–Kier alpha value is -0.770. The van der Waals surface area contributed by atoms with E-state index >= 15 is 0 Å². The topological polar surface area (TPSA) is 38.5 Å². The van der Waals surface area contributed by atoms with E-state index in [1.165, 1.54) is 18.4 Å². The van der Waals surface area contributed by atoms with E-state index in [0.717, 1.165) is 55.8 Å². The Morgan fingerprint density at radius 3 is 2.80 bits per heavy atom. The zero-order valence-electron chi connectivity index (χ0n) is 11.9. The Bertz CT molecular complexity index is 462. The second-order valence-electron chi connectivity index (χ2n) is 6.12. The monoisotopic (exact) mass is 294 g/mol. The maximum absolute atomic E-state index is 6.29. The summed E-state index contributed by atoms with van der Waals surface area (Å²) in [6, 6.07) is 6.54. The Labute approximate surface area is 126 Å². The van der Waals surface area contributed by atoms with Gasteiger partial charge in [0.15, 0.2) is 0 Å². The van der Waals surface area contributed by atoms with Crippen LogP contribution in [-0.4, -0.2) is 37.2 Å². The molecule has 0 amide bonds. The van der Waals surface area contributed by atoms with Gasteiger partial charge >= 0.3 is 0 Å². The van der Waals surface area contributed by atoms with Gasteiger partial charge in [0.05, 0.1) is 11.6 Å². The number of hydrogen-bond donors (Lipinski definition) is 1. The Balaban J connectivity index is 1.50. The van der Waals surface area contributed by atoms with Crippen LogP contribution in [0.5, 0.6) is 5.75 Å². The van der Waals surface area contributed by atoms with Crippen molar-refractivity contribution in [3.05, 3.63) is 28.8 Å². The fourth-order valence-electron chi connectivity index (χ4n) is 2.66. The largest absolute Gasteiger partial charge is 0.492 e. The van der Waals surface area contributed by atoms with E-state index in [1.54, 1.807) is 0 Å². The van der Waals surface area contributed by atoms with E-state index < -0.39 is 0 Å². The third-order valence-corrected chi connectivity index (χ3v) is 4.49. The minimum atomic E-state index is 0.358. The smallest absolute Gasteiger partial charge is 0.137 e. The molecule has 2 aliphatic rings. The summed E-state index contributed by atoms with van der Waals surface area (Å²) in [6.45, 7) is 4.02. The van der Waals surface area contributed by atoms with Crippen LogP contribution in [0.1, 0.15) is 24.8 Å². The summed E-state index contributed by atoms with van der Waals surface area (Å²) in [7, 11) is 0. The number of likely N-dealkylation sites (tertiary alicyclic amines) is 1. The summed E-state index contributed by atoms with van der Waals surface area (Å²) in [5.74, 6) is 1.58. The highest BCUT2D eigenvalue weighted by atomic mass is 35.5. The number of nitrogens with zero attached hydrogens (tertiary/aromatic N) is 1. The lowest BCUT2D eigenvalue weighted by molar-refractivity contribution is 0.300. The minimum Gasteiger partial charge on any atom is -0.492 e. The van der Waals surface area contributed by atoms with Crippen LogP contribution in [0.2, 0.25) is 5.02 Å². The maximum Gasteiger partial charge on any atom is 0.137 e. The molecule has 1 aliphatic carbocycles. The number of ether oxygens (including phenoxy) is 1. The Morgan fingerprint density at radius 1 is 1.30 bits per heavy atom. The van der Waals surface area contributed by atoms with Gasteiger partial charge in [0, 0.05) is 19.1 Å². The molecule has 3 rings (SSSR count). The Kier molecular flexibility index (Phi) is 4.49. The number of hydrogen-bond acceptors (Lipinski definition) is 3. The molecular weight excluding hydrogens is 272 g/mol. The van der Waals surface area contributed by atoms with Gasteiger partial charge in [-0.3, -0.25) is 0 Å². The predicted octanol–water partition coefficient (Wildman–Crippen LogP) is 2.70. The highest BCUT2D eigenvalue weighted by Crippen LogP contribution is 2.32. The summed E-state index contributed by atoms with van der Waals surface area (Å²) in [6.07, 6.45) is 4.74. The van der Waals surface area contributed by atoms with E-state index in [1.807, 2.05) is 12.1 Å². The number of nitrogens with two attached hydrogens (primary N) is 1. The maximum atomic E-state index is 6.29. The zero-order chi connectivity index (χ0) is 13.9. The van der Waals surface area contributed by atoms with E-state index in [-0.39, 0.29) is 0 Å². The van der Waals surface area contributed by atoms with Crippen molar-refractivity contribution in [1.82, 2.24) is 4.90 Å². The van der Waals surface area contributed by atoms with Crippen LogP contribution in [0, 0.1) is 5.92 Å². The summed E-state index contributed by atoms with van der Waals surface area (Å²) >= 11 is 6.29. The predicted molar refractivity (Wildman–Crippen MR) is 82.4 cm³/mol. The van der Waals surface area contributed by atoms with Crippen LogP contribution in [0.3, 0.4) is 0 Å². The lowest BCUT2D eigenvalue weighted by Crippen LogP contribution is -2.28. The molecule has 0 spiro atoms. The first-order chi connectivity index (χ1) is 9.70. The minimum absolute atomic E-state index is 0.358. The van der Waals surface area contributed by atoms with Crippen molar-refractivity contribution in [2.75, 3.05) is 26.2 Å². The van der Waals surface area contributed by atoms with E-state index in [9.17, 15) is 0 Å². The van der Waals surface area contributed by atoms with Crippen LogP contribution < -0.4 is 10.5 Å². The first kappa shape index (κ1) is 14.2. The molecule has 1 heterocycles. The fraction of sp³-hybridized carbons (Fsp3) is 0.625. The van der Waals surface area contributed by atoms with Gasteiger partial charge in [-0.1, -0.05) is 17.7 Å². The molecule has 1 aliphatic heterocycles. The van der Waals surface area contributed by atoms with Crippen LogP contribution in [-0.2, 0) is 6.42 Å². The molecule has 2 N–H and O–H groups in total. The molecule has 3 nitrogen and oxygen atoms in total. The molecule has 20 heavy (non-hydrogen) atoms. The number of rotatable bonds is 6. The van der Waals surface area contributed by atoms with Crippen molar-refractivity contribution in [1.29, 1.82) is 0 Å². The van der Waals surface area contributed by atoms with Gasteiger partial charge in [-0.05, 0) is 55.8 Å². The third-order valence-electron chi connectivity index (χ3n) is 4.19. The van der Waals surface area contributed by atoms with Crippen molar-refractivity contribution in [2.45, 2.75) is 31.7 Å². The van der Waals surface area contributed by atoms with Crippen molar-refractivity contribution < 1.29 is 4.74 Å². The molecular formula is C16H23ClN2O. The van der Waals surface area contributed by atoms with Gasteiger partial charge in [0.1, 0.15) is 5.75 Å². The third kappa shape index (κ3) is 3.87. The van der Waals surface area contributed by atoms with Crippen molar-refractivity contribution in [2.24, 2.45) is 11.7 Å². The fourth-order valence-corrected chi connectivity index (χ4v) is 2.92. The van der Waals surface area contributed by atoms with Crippen LogP contribution in [0.25, 0.3) is 0 Å². The van der Waals surface area contributed by atoms with Gasteiger partial charge < -0.3 is 15.4 Å². The highest BCUT2D eigenvalue weighted by molar-refractivity contribution is 6.32. The Morgan fingerprint density at radius 2 is 2.15 bits per heavy atom. The summed E-state index contributed by atoms with van der Waals surface area (Å²) in [4.78, 5) is 2.43. The summed E-state index contributed by atoms with van der Waals surface area (Å²) in [5.41, 5.74) is 7.19. The molecule has 1 aromatic carbocycles. The molecule has 0 aromatic heterocycles. The molecule has 110 valence electrons. The second-order valence-corrected chi connectivity index (χ2v) is 6.53. The lowest BCUT2D eigenvalue weighted by atomic mass is 10.1. The normalized spacial score (nSPS) is 23.2. The van der Waals surface area contributed by atoms with E-state index in [2.05, 4.69) is 11.0 Å². The quantitative estimate of drug-likeness (QED) is 0.877. The molecule has 1 saturated carbocycles. The summed E-state index contributed by atoms with van der Waals surface area (Å²) < 4.78 is 5.75. The van der Waals surface area contributed by atoms with Gasteiger partial charge in [0.25, 0.3) is 0 Å². The molecule has 1 saturated heterocycles. The average Bonchev–Trinajstić information content (AvgIpc) is 3.17. The van der Waals surface area contributed by atoms with Gasteiger partial charge in [-0.25, -0.2) is 0 Å². The zero-order valence-corrected chi connectivity index (χ0v) is 12.6. The standard InChI is InChI=1S/C16H23ClN2O/c17-15-9-12(5-7-19-8-6-14(18)10-19)3-4-16(15)20-11-13-1-2-13/h3-4,9,13-14H,1-2,5-8,10-11,18H2/t14-/m1/s1.